The van der Waals surface area contributed by atoms with Crippen LogP contribution >= 0.6 is 0 Å². The lowest BCUT2D eigenvalue weighted by Crippen LogP contribution is -2.14. The van der Waals surface area contributed by atoms with Crippen LogP contribution in [0.1, 0.15) is 17.3 Å². The van der Waals surface area contributed by atoms with Gasteiger partial charge in [-0.2, -0.15) is 5.10 Å². The van der Waals surface area contributed by atoms with Crippen molar-refractivity contribution in [1.82, 2.24) is 9.78 Å². The highest BCUT2D eigenvalue weighted by molar-refractivity contribution is 6.00. The summed E-state index contributed by atoms with van der Waals surface area (Å²) in [6, 6.07) is 6.78. The number of benzene rings is 1. The van der Waals surface area contributed by atoms with E-state index in [0.717, 1.165) is 6.54 Å². The lowest BCUT2D eigenvalue weighted by Gasteiger charge is -2.08. The summed E-state index contributed by atoms with van der Waals surface area (Å²) in [5.74, 6) is 0.129. The Morgan fingerprint density at radius 2 is 2.22 bits per heavy atom. The van der Waals surface area contributed by atoms with Crippen molar-refractivity contribution >= 4 is 23.1 Å². The van der Waals surface area contributed by atoms with Crippen LogP contribution in [-0.4, -0.2) is 15.7 Å². The molecule has 0 radical (unpaired) electrons. The van der Waals surface area contributed by atoms with Gasteiger partial charge in [-0.1, -0.05) is 0 Å². The van der Waals surface area contributed by atoms with Crippen LogP contribution in [0.3, 0.4) is 0 Å². The van der Waals surface area contributed by atoms with Gasteiger partial charge in [0.05, 0.1) is 11.3 Å². The Hall–Kier alpha value is -2.50. The van der Waals surface area contributed by atoms with Gasteiger partial charge >= 0.3 is 0 Å². The number of nitrogens with two attached hydrogens (primary N) is 2. The minimum Gasteiger partial charge on any atom is -0.399 e. The molecule has 0 fully saturated rings. The SMILES string of the molecule is CCn1ccc(Nc2ccc(N)cc2C(N)=O)n1. The van der Waals surface area contributed by atoms with E-state index in [1.807, 2.05) is 19.2 Å². The highest BCUT2D eigenvalue weighted by atomic mass is 16.1. The summed E-state index contributed by atoms with van der Waals surface area (Å²) in [7, 11) is 0. The number of aromatic nitrogens is 2. The van der Waals surface area contributed by atoms with E-state index in [2.05, 4.69) is 10.4 Å². The standard InChI is InChI=1S/C12H15N5O/c1-2-17-6-5-11(16-17)15-10-4-3-8(13)7-9(10)12(14)18/h3-7H,2,13H2,1H3,(H2,14,18)(H,15,16). The minimum atomic E-state index is -0.528. The Kier molecular flexibility index (Phi) is 3.18. The van der Waals surface area contributed by atoms with Crippen molar-refractivity contribution in [2.24, 2.45) is 5.73 Å². The van der Waals surface area contributed by atoms with E-state index >= 15 is 0 Å². The van der Waals surface area contributed by atoms with Gasteiger partial charge in [0.15, 0.2) is 5.82 Å². The van der Waals surface area contributed by atoms with Crippen molar-refractivity contribution in [3.8, 4) is 0 Å². The van der Waals surface area contributed by atoms with Gasteiger partial charge in [-0.3, -0.25) is 9.48 Å². The Morgan fingerprint density at radius 3 is 2.83 bits per heavy atom. The molecular formula is C12H15N5O. The number of carbonyl (C=O) groups is 1. The number of carbonyl (C=O) groups excluding carboxylic acids is 1. The van der Waals surface area contributed by atoms with Crippen LogP contribution in [0.5, 0.6) is 0 Å². The maximum Gasteiger partial charge on any atom is 0.250 e. The lowest BCUT2D eigenvalue weighted by molar-refractivity contribution is 0.100. The molecule has 2 rings (SSSR count). The maximum atomic E-state index is 11.3. The molecule has 2 aromatic rings. The second-order valence-corrected chi connectivity index (χ2v) is 3.85. The number of nitrogens with zero attached hydrogens (tertiary/aromatic N) is 2. The van der Waals surface area contributed by atoms with Gasteiger partial charge in [0, 0.05) is 24.5 Å². The first-order valence-electron chi connectivity index (χ1n) is 5.60. The van der Waals surface area contributed by atoms with Crippen molar-refractivity contribution in [3.63, 3.8) is 0 Å². The number of anilines is 3. The van der Waals surface area contributed by atoms with Crippen LogP contribution in [0.25, 0.3) is 0 Å². The molecule has 0 bridgehead atoms. The predicted molar refractivity (Wildman–Crippen MR) is 70.6 cm³/mol. The monoisotopic (exact) mass is 245 g/mol. The van der Waals surface area contributed by atoms with Gasteiger partial charge in [-0.25, -0.2) is 0 Å². The first-order chi connectivity index (χ1) is 8.60. The summed E-state index contributed by atoms with van der Waals surface area (Å²) >= 11 is 0. The molecule has 6 nitrogen and oxygen atoms in total. The van der Waals surface area contributed by atoms with E-state index < -0.39 is 5.91 Å². The van der Waals surface area contributed by atoms with Crippen LogP contribution < -0.4 is 16.8 Å². The zero-order chi connectivity index (χ0) is 13.1. The largest absolute Gasteiger partial charge is 0.399 e. The molecule has 0 aliphatic carbocycles. The fourth-order valence-electron chi connectivity index (χ4n) is 1.62. The average molecular weight is 245 g/mol. The number of hydrogen-bond acceptors (Lipinski definition) is 4. The molecule has 94 valence electrons. The summed E-state index contributed by atoms with van der Waals surface area (Å²) < 4.78 is 1.78. The number of amides is 1. The number of nitrogens with one attached hydrogen (secondary N) is 1. The van der Waals surface area contributed by atoms with Gasteiger partial charge in [0.25, 0.3) is 5.91 Å². The zero-order valence-corrected chi connectivity index (χ0v) is 10.1. The van der Waals surface area contributed by atoms with E-state index in [4.69, 9.17) is 11.5 Å². The number of rotatable bonds is 4. The topological polar surface area (TPSA) is 99.0 Å². The third kappa shape index (κ3) is 2.42. The second kappa shape index (κ2) is 4.79. The summed E-state index contributed by atoms with van der Waals surface area (Å²) in [4.78, 5) is 11.3. The highest BCUT2D eigenvalue weighted by Gasteiger charge is 2.09. The second-order valence-electron chi connectivity index (χ2n) is 3.85. The number of primary amides is 1. The molecule has 0 unspecified atom stereocenters. The summed E-state index contributed by atoms with van der Waals surface area (Å²) in [6.45, 7) is 2.78. The smallest absolute Gasteiger partial charge is 0.250 e. The average Bonchev–Trinajstić information content (AvgIpc) is 2.79. The first-order valence-corrected chi connectivity index (χ1v) is 5.60. The molecule has 1 aromatic heterocycles. The van der Waals surface area contributed by atoms with Gasteiger partial charge in [-0.05, 0) is 25.1 Å². The molecule has 0 spiro atoms. The molecule has 0 aliphatic heterocycles. The van der Waals surface area contributed by atoms with Crippen LogP contribution in [-0.2, 0) is 6.54 Å². The van der Waals surface area contributed by atoms with E-state index in [0.29, 0.717) is 22.8 Å². The van der Waals surface area contributed by atoms with Crippen molar-refractivity contribution < 1.29 is 4.79 Å². The van der Waals surface area contributed by atoms with Gasteiger partial charge < -0.3 is 16.8 Å². The molecule has 1 heterocycles. The Morgan fingerprint density at radius 1 is 1.44 bits per heavy atom. The number of aryl methyl sites for hydroxylation is 1. The van der Waals surface area contributed by atoms with E-state index in [1.165, 1.54) is 0 Å². The summed E-state index contributed by atoms with van der Waals surface area (Å²) in [5, 5.41) is 7.32. The highest BCUT2D eigenvalue weighted by Crippen LogP contribution is 2.21. The van der Waals surface area contributed by atoms with Gasteiger partial charge in [0.1, 0.15) is 0 Å². The number of nitrogen functional groups attached to an aromatic ring is 1. The summed E-state index contributed by atoms with van der Waals surface area (Å²) in [5.41, 5.74) is 12.4. The zero-order valence-electron chi connectivity index (χ0n) is 10.1. The molecule has 1 aromatic carbocycles. The van der Waals surface area contributed by atoms with Crippen LogP contribution in [0.2, 0.25) is 0 Å². The van der Waals surface area contributed by atoms with Gasteiger partial charge in [-0.15, -0.1) is 0 Å². The maximum absolute atomic E-state index is 11.3. The Bertz CT molecular complexity index is 576. The third-order valence-electron chi connectivity index (χ3n) is 2.54. The third-order valence-corrected chi connectivity index (χ3v) is 2.54. The van der Waals surface area contributed by atoms with Crippen LogP contribution in [0.15, 0.2) is 30.5 Å². The molecule has 6 heteroatoms. The van der Waals surface area contributed by atoms with E-state index in [1.54, 1.807) is 22.9 Å². The Balaban J connectivity index is 2.30. The predicted octanol–water partition coefficient (Wildman–Crippen LogP) is 1.33. The molecule has 18 heavy (non-hydrogen) atoms. The molecule has 5 N–H and O–H groups in total. The van der Waals surface area contributed by atoms with E-state index in [-0.39, 0.29) is 0 Å². The van der Waals surface area contributed by atoms with Crippen LogP contribution in [0, 0.1) is 0 Å². The fourth-order valence-corrected chi connectivity index (χ4v) is 1.62. The van der Waals surface area contributed by atoms with Crippen molar-refractivity contribution in [3.05, 3.63) is 36.0 Å². The van der Waals surface area contributed by atoms with Crippen LogP contribution in [0.4, 0.5) is 17.2 Å². The molecular weight excluding hydrogens is 230 g/mol. The normalized spacial score (nSPS) is 10.3. The van der Waals surface area contributed by atoms with Crippen molar-refractivity contribution in [2.75, 3.05) is 11.1 Å². The van der Waals surface area contributed by atoms with Gasteiger partial charge in [0.2, 0.25) is 0 Å². The molecule has 0 saturated carbocycles. The Labute approximate surface area is 105 Å². The van der Waals surface area contributed by atoms with Crippen molar-refractivity contribution in [1.29, 1.82) is 0 Å². The number of hydrogen-bond donors (Lipinski definition) is 3. The molecule has 0 aliphatic rings. The lowest BCUT2D eigenvalue weighted by atomic mass is 10.1. The minimum absolute atomic E-state index is 0.348. The quantitative estimate of drug-likeness (QED) is 0.707. The first kappa shape index (κ1) is 12.0. The van der Waals surface area contributed by atoms with Crippen molar-refractivity contribution in [2.45, 2.75) is 13.5 Å². The van der Waals surface area contributed by atoms with E-state index in [9.17, 15) is 4.79 Å². The molecule has 0 atom stereocenters. The fraction of sp³-hybridized carbons (Fsp3) is 0.167. The molecule has 1 amide bonds. The molecule has 0 saturated heterocycles. The summed E-state index contributed by atoms with van der Waals surface area (Å²) in [6.07, 6.45) is 1.85.